The van der Waals surface area contributed by atoms with Gasteiger partial charge in [0.15, 0.2) is 0 Å². The highest BCUT2D eigenvalue weighted by Crippen LogP contribution is 2.61. The van der Waals surface area contributed by atoms with Crippen molar-refractivity contribution in [1.82, 2.24) is 0 Å². The van der Waals surface area contributed by atoms with Gasteiger partial charge in [-0.2, -0.15) is 0 Å². The molecule has 1 nitrogen and oxygen atoms in total. The Balaban J connectivity index is 1.00. The zero-order valence-electron chi connectivity index (χ0n) is 31.3. The number of hydrogen-bond acceptors (Lipinski definition) is 1. The summed E-state index contributed by atoms with van der Waals surface area (Å²) in [5.74, 6) is 3.34. The van der Waals surface area contributed by atoms with Crippen LogP contribution in [-0.4, -0.2) is 0 Å². The molecule has 3 unspecified atom stereocenters. The second-order valence-electron chi connectivity index (χ2n) is 18.3. The van der Waals surface area contributed by atoms with E-state index in [-0.39, 0.29) is 10.8 Å². The second kappa shape index (κ2) is 11.7. The van der Waals surface area contributed by atoms with Crippen molar-refractivity contribution >= 4 is 17.1 Å². The highest BCUT2D eigenvalue weighted by molar-refractivity contribution is 5.92. The highest BCUT2D eigenvalue weighted by Gasteiger charge is 2.47. The Morgan fingerprint density at radius 2 is 1.15 bits per heavy atom. The van der Waals surface area contributed by atoms with Crippen LogP contribution in [0, 0.1) is 11.8 Å². The molecule has 6 aliphatic carbocycles. The topological polar surface area (TPSA) is 3.24 Å². The summed E-state index contributed by atoms with van der Waals surface area (Å²) in [4.78, 5) is 2.54. The third kappa shape index (κ3) is 4.60. The van der Waals surface area contributed by atoms with Crippen LogP contribution in [0.2, 0.25) is 0 Å². The molecule has 52 heavy (non-hydrogen) atoms. The molecule has 0 heterocycles. The highest BCUT2D eigenvalue weighted by atomic mass is 15.1. The fraction of sp³-hybridized carbons (Fsp3) is 0.412. The minimum Gasteiger partial charge on any atom is -0.310 e. The second-order valence-corrected chi connectivity index (χ2v) is 18.3. The van der Waals surface area contributed by atoms with Crippen LogP contribution in [0.4, 0.5) is 17.1 Å². The van der Waals surface area contributed by atoms with E-state index in [1.165, 1.54) is 139 Å². The van der Waals surface area contributed by atoms with Crippen LogP contribution in [0.15, 0.2) is 103 Å². The summed E-state index contributed by atoms with van der Waals surface area (Å²) in [7, 11) is 0. The maximum absolute atomic E-state index is 2.66. The molecule has 6 aliphatic rings. The summed E-state index contributed by atoms with van der Waals surface area (Å²) < 4.78 is 0. The van der Waals surface area contributed by atoms with Gasteiger partial charge in [0.1, 0.15) is 0 Å². The normalized spacial score (nSPS) is 24.5. The zero-order chi connectivity index (χ0) is 34.6. The number of fused-ring (bicyclic) bond motifs is 10. The van der Waals surface area contributed by atoms with E-state index >= 15 is 0 Å². The molecular formula is C51H53N. The fourth-order valence-corrected chi connectivity index (χ4v) is 12.6. The van der Waals surface area contributed by atoms with Gasteiger partial charge in [-0.15, -0.1) is 0 Å². The van der Waals surface area contributed by atoms with Crippen LogP contribution in [0.3, 0.4) is 0 Å². The first kappa shape index (κ1) is 31.4. The third-order valence-electron chi connectivity index (χ3n) is 15.3. The number of hydrogen-bond donors (Lipinski definition) is 0. The van der Waals surface area contributed by atoms with Crippen molar-refractivity contribution in [3.05, 3.63) is 137 Å². The van der Waals surface area contributed by atoms with Crippen LogP contribution >= 0.6 is 0 Å². The van der Waals surface area contributed by atoms with E-state index < -0.39 is 0 Å². The molecule has 2 bridgehead atoms. The predicted octanol–water partition coefficient (Wildman–Crippen LogP) is 14.3. The molecule has 0 saturated heterocycles. The standard InChI is InChI=1S/C51H53N/c1-50(2)47-30-40(24-25-42(47)44-31-45-41-12-6-7-13-46(41)51(26-8-9-27-51)49(45)32-48(44)50)52(38-20-16-35(17-21-38)34-10-4-3-5-11-34)39-22-18-36(19-23-39)43-29-33-14-15-37(43)28-33/h6-7,12-13,16-25,30-34,37,43H,3-5,8-11,14-15,26-29H2,1-2H3. The van der Waals surface area contributed by atoms with Crippen molar-refractivity contribution in [2.75, 3.05) is 4.90 Å². The molecule has 1 spiro atoms. The van der Waals surface area contributed by atoms with Gasteiger partial charge in [-0.1, -0.05) is 113 Å². The minimum atomic E-state index is -0.0770. The Kier molecular flexibility index (Phi) is 7.07. The summed E-state index contributed by atoms with van der Waals surface area (Å²) >= 11 is 0. The molecule has 1 heteroatoms. The van der Waals surface area contributed by atoms with E-state index in [1.807, 2.05) is 0 Å². The van der Waals surface area contributed by atoms with Crippen molar-refractivity contribution in [1.29, 1.82) is 0 Å². The molecule has 0 amide bonds. The summed E-state index contributed by atoms with van der Waals surface area (Å²) in [5, 5.41) is 0. The van der Waals surface area contributed by atoms with Gasteiger partial charge in [0.2, 0.25) is 0 Å². The molecular weight excluding hydrogens is 627 g/mol. The minimum absolute atomic E-state index is 0.0770. The van der Waals surface area contributed by atoms with Gasteiger partial charge in [-0.05, 0) is 167 Å². The monoisotopic (exact) mass is 679 g/mol. The maximum Gasteiger partial charge on any atom is 0.0465 e. The zero-order valence-corrected chi connectivity index (χ0v) is 31.3. The summed E-state index contributed by atoms with van der Waals surface area (Å²) in [6, 6.07) is 41.4. The van der Waals surface area contributed by atoms with Crippen LogP contribution < -0.4 is 4.90 Å². The molecule has 3 atom stereocenters. The lowest BCUT2D eigenvalue weighted by Crippen LogP contribution is -2.22. The Hall–Kier alpha value is -4.10. The molecule has 0 aliphatic heterocycles. The fourth-order valence-electron chi connectivity index (χ4n) is 12.6. The molecule has 0 aromatic heterocycles. The Labute approximate surface area is 311 Å². The van der Waals surface area contributed by atoms with E-state index in [0.29, 0.717) is 5.92 Å². The smallest absolute Gasteiger partial charge is 0.0465 e. The van der Waals surface area contributed by atoms with Gasteiger partial charge in [-0.3, -0.25) is 0 Å². The largest absolute Gasteiger partial charge is 0.310 e. The van der Waals surface area contributed by atoms with Crippen LogP contribution in [0.25, 0.3) is 22.3 Å². The molecule has 262 valence electrons. The SMILES string of the molecule is CC1(C)c2cc(N(c3ccc(C4CCCCC4)cc3)c3ccc(C4CC5CCC4C5)cc3)ccc2-c2cc3c(cc21)C1(CCCC1)c1ccccc1-3. The number of nitrogens with zero attached hydrogens (tertiary/aromatic N) is 1. The van der Waals surface area contributed by atoms with E-state index in [0.717, 1.165) is 17.8 Å². The van der Waals surface area contributed by atoms with E-state index in [1.54, 1.807) is 16.7 Å². The third-order valence-corrected chi connectivity index (χ3v) is 15.3. The van der Waals surface area contributed by atoms with E-state index in [2.05, 4.69) is 122 Å². The summed E-state index contributed by atoms with van der Waals surface area (Å²) in [6.07, 6.45) is 17.8. The number of benzene rings is 5. The Morgan fingerprint density at radius 1 is 0.500 bits per heavy atom. The van der Waals surface area contributed by atoms with Crippen LogP contribution in [-0.2, 0) is 10.8 Å². The molecule has 4 saturated carbocycles. The van der Waals surface area contributed by atoms with Gasteiger partial charge >= 0.3 is 0 Å². The quantitative estimate of drug-likeness (QED) is 0.179. The molecule has 11 rings (SSSR count). The van der Waals surface area contributed by atoms with Crippen LogP contribution in [0.1, 0.15) is 143 Å². The average Bonchev–Trinajstić information content (AvgIpc) is 4.03. The predicted molar refractivity (Wildman–Crippen MR) is 217 cm³/mol. The Bertz CT molecular complexity index is 2170. The number of rotatable bonds is 5. The maximum atomic E-state index is 2.66. The van der Waals surface area contributed by atoms with Gasteiger partial charge < -0.3 is 4.90 Å². The lowest BCUT2D eigenvalue weighted by Gasteiger charge is -2.30. The average molecular weight is 680 g/mol. The summed E-state index contributed by atoms with van der Waals surface area (Å²) in [5.41, 5.74) is 19.0. The lowest BCUT2D eigenvalue weighted by molar-refractivity contribution is 0.420. The van der Waals surface area contributed by atoms with E-state index in [9.17, 15) is 0 Å². The molecule has 5 aromatic carbocycles. The van der Waals surface area contributed by atoms with E-state index in [4.69, 9.17) is 0 Å². The van der Waals surface area contributed by atoms with Crippen molar-refractivity contribution in [2.45, 2.75) is 120 Å². The first-order chi connectivity index (χ1) is 25.5. The molecule has 5 aromatic rings. The van der Waals surface area contributed by atoms with Crippen LogP contribution in [0.5, 0.6) is 0 Å². The van der Waals surface area contributed by atoms with Gasteiger partial charge in [-0.25, -0.2) is 0 Å². The van der Waals surface area contributed by atoms with Crippen molar-refractivity contribution in [3.63, 3.8) is 0 Å². The summed E-state index contributed by atoms with van der Waals surface area (Å²) in [6.45, 7) is 4.95. The molecule has 0 radical (unpaired) electrons. The lowest BCUT2D eigenvalue weighted by atomic mass is 9.74. The van der Waals surface area contributed by atoms with Gasteiger partial charge in [0.25, 0.3) is 0 Å². The number of anilines is 3. The van der Waals surface area contributed by atoms with Crippen molar-refractivity contribution in [3.8, 4) is 22.3 Å². The molecule has 0 N–H and O–H groups in total. The first-order valence-corrected chi connectivity index (χ1v) is 20.9. The molecule has 4 fully saturated rings. The Morgan fingerprint density at radius 3 is 1.87 bits per heavy atom. The van der Waals surface area contributed by atoms with Crippen molar-refractivity contribution < 1.29 is 0 Å². The van der Waals surface area contributed by atoms with Gasteiger partial charge in [0, 0.05) is 27.9 Å². The van der Waals surface area contributed by atoms with Gasteiger partial charge in [0.05, 0.1) is 0 Å². The van der Waals surface area contributed by atoms with Crippen molar-refractivity contribution in [2.24, 2.45) is 11.8 Å². The first-order valence-electron chi connectivity index (χ1n) is 20.9.